The van der Waals surface area contributed by atoms with E-state index in [1.165, 1.54) is 24.5 Å². The van der Waals surface area contributed by atoms with Gasteiger partial charge in [0.05, 0.1) is 17.1 Å². The number of carbonyl (C=O) groups is 1. The van der Waals surface area contributed by atoms with Crippen LogP contribution in [0.4, 0.5) is 0 Å². The molecule has 0 aromatic heterocycles. The molecule has 1 fully saturated rings. The maximum absolute atomic E-state index is 13.2. The number of carbonyl (C=O) groups excluding carboxylic acids is 1. The van der Waals surface area contributed by atoms with Crippen molar-refractivity contribution < 1.29 is 27.8 Å². The lowest BCUT2D eigenvalue weighted by molar-refractivity contribution is 0.0591. The van der Waals surface area contributed by atoms with E-state index in [1.807, 2.05) is 0 Å². The van der Waals surface area contributed by atoms with Gasteiger partial charge in [-0.3, -0.25) is 4.79 Å². The summed E-state index contributed by atoms with van der Waals surface area (Å²) in [7, 11) is -0.846. The Bertz CT molecular complexity index is 1000. The number of phenols is 1. The maximum atomic E-state index is 13.2. The topological polar surface area (TPSA) is 96.4 Å². The van der Waals surface area contributed by atoms with Gasteiger partial charge in [-0.15, -0.1) is 0 Å². The van der Waals surface area contributed by atoms with Crippen molar-refractivity contribution in [2.75, 3.05) is 40.4 Å². The molecule has 2 aromatic rings. The first-order valence-corrected chi connectivity index (χ1v) is 11.6. The Balaban J connectivity index is 1.69. The molecule has 0 saturated carbocycles. The van der Waals surface area contributed by atoms with Crippen LogP contribution in [0.3, 0.4) is 0 Å². The zero-order chi connectivity index (χ0) is 22.4. The number of likely N-dealkylation sites (N-methyl/N-ethyl adjacent to an activating group) is 1. The number of hydrogen-bond acceptors (Lipinski definition) is 6. The van der Waals surface area contributed by atoms with Crippen LogP contribution in [-0.2, 0) is 14.8 Å². The van der Waals surface area contributed by atoms with Gasteiger partial charge < -0.3 is 19.5 Å². The number of benzene rings is 2. The van der Waals surface area contributed by atoms with Crippen LogP contribution in [0.15, 0.2) is 53.4 Å². The molecule has 2 aromatic carbocycles. The van der Waals surface area contributed by atoms with Crippen LogP contribution in [0.1, 0.15) is 23.2 Å². The number of methoxy groups -OCH3 is 1. The molecule has 1 aliphatic rings. The molecule has 0 unspecified atom stereocenters. The molecule has 168 valence electrons. The fourth-order valence-corrected chi connectivity index (χ4v) is 4.81. The highest BCUT2D eigenvalue weighted by Gasteiger charge is 2.30. The number of amides is 1. The summed E-state index contributed by atoms with van der Waals surface area (Å²) in [5.41, 5.74) is 0.166. The Morgan fingerprint density at radius 1 is 1.16 bits per heavy atom. The van der Waals surface area contributed by atoms with Gasteiger partial charge in [-0.25, -0.2) is 8.42 Å². The van der Waals surface area contributed by atoms with Crippen LogP contribution in [0.25, 0.3) is 0 Å². The lowest BCUT2D eigenvalue weighted by Gasteiger charge is -2.32. The number of phenolic OH excluding ortho intramolecular Hbond substituents is 1. The minimum Gasteiger partial charge on any atom is -0.508 e. The minimum absolute atomic E-state index is 0.00302. The van der Waals surface area contributed by atoms with E-state index in [-0.39, 0.29) is 41.4 Å². The van der Waals surface area contributed by atoms with E-state index >= 15 is 0 Å². The average molecular weight is 449 g/mol. The molecule has 0 spiro atoms. The molecule has 0 aliphatic carbocycles. The van der Waals surface area contributed by atoms with Crippen molar-refractivity contribution in [3.8, 4) is 11.5 Å². The van der Waals surface area contributed by atoms with E-state index in [9.17, 15) is 18.3 Å². The molecular weight excluding hydrogens is 420 g/mol. The molecule has 9 heteroatoms. The van der Waals surface area contributed by atoms with Crippen LogP contribution < -0.4 is 4.74 Å². The third kappa shape index (κ3) is 5.55. The number of piperidine rings is 1. The fraction of sp³-hybridized carbons (Fsp3) is 0.409. The van der Waals surface area contributed by atoms with E-state index < -0.39 is 10.0 Å². The Hall–Kier alpha value is -2.62. The van der Waals surface area contributed by atoms with Gasteiger partial charge in [0.2, 0.25) is 10.0 Å². The first-order valence-electron chi connectivity index (χ1n) is 10.1. The minimum atomic E-state index is -3.82. The average Bonchev–Trinajstić information content (AvgIpc) is 2.77. The second-order valence-corrected chi connectivity index (χ2v) is 9.44. The van der Waals surface area contributed by atoms with Crippen molar-refractivity contribution in [2.24, 2.45) is 0 Å². The third-order valence-corrected chi connectivity index (χ3v) is 7.18. The number of sulfonamides is 1. The first kappa shape index (κ1) is 23.1. The number of ether oxygens (including phenoxy) is 2. The van der Waals surface area contributed by atoms with Crippen LogP contribution in [-0.4, -0.2) is 75.1 Å². The van der Waals surface area contributed by atoms with E-state index in [2.05, 4.69) is 0 Å². The summed E-state index contributed by atoms with van der Waals surface area (Å²) >= 11 is 0. The highest BCUT2D eigenvalue weighted by atomic mass is 32.2. The van der Waals surface area contributed by atoms with Crippen molar-refractivity contribution in [3.05, 3.63) is 54.1 Å². The van der Waals surface area contributed by atoms with Gasteiger partial charge in [-0.2, -0.15) is 4.31 Å². The maximum Gasteiger partial charge on any atom is 0.255 e. The quantitative estimate of drug-likeness (QED) is 0.666. The molecular formula is C22H28N2O6S. The van der Waals surface area contributed by atoms with Crippen LogP contribution >= 0.6 is 0 Å². The largest absolute Gasteiger partial charge is 0.508 e. The number of nitrogens with zero attached hydrogens (tertiary/aromatic N) is 2. The lowest BCUT2D eigenvalue weighted by Crippen LogP contribution is -2.42. The van der Waals surface area contributed by atoms with Crippen molar-refractivity contribution in [1.29, 1.82) is 0 Å². The zero-order valence-electron chi connectivity index (χ0n) is 17.7. The third-order valence-electron chi connectivity index (χ3n) is 5.27. The summed E-state index contributed by atoms with van der Waals surface area (Å²) in [6, 6.07) is 12.9. The monoisotopic (exact) mass is 448 g/mol. The summed E-state index contributed by atoms with van der Waals surface area (Å²) in [4.78, 5) is 14.8. The fourth-order valence-electron chi connectivity index (χ4n) is 3.47. The van der Waals surface area contributed by atoms with Gasteiger partial charge in [0.1, 0.15) is 17.6 Å². The highest BCUT2D eigenvalue weighted by Crippen LogP contribution is 2.25. The van der Waals surface area contributed by atoms with Crippen molar-refractivity contribution >= 4 is 15.9 Å². The predicted octanol–water partition coefficient (Wildman–Crippen LogP) is 2.34. The molecule has 0 radical (unpaired) electrons. The number of hydrogen-bond donors (Lipinski definition) is 1. The Labute approximate surface area is 183 Å². The first-order chi connectivity index (χ1) is 14.8. The van der Waals surface area contributed by atoms with Gasteiger partial charge in [-0.05, 0) is 24.3 Å². The number of likely N-dealkylation sites (tertiary alicyclic amines) is 1. The number of aromatic hydroxyl groups is 1. The number of rotatable bonds is 8. The summed E-state index contributed by atoms with van der Waals surface area (Å²) in [6.07, 6.45) is 1.15. The molecule has 1 aliphatic heterocycles. The van der Waals surface area contributed by atoms with E-state index in [0.29, 0.717) is 31.7 Å². The van der Waals surface area contributed by atoms with Gasteiger partial charge in [0.15, 0.2) is 0 Å². The van der Waals surface area contributed by atoms with Crippen molar-refractivity contribution in [1.82, 2.24) is 9.21 Å². The Morgan fingerprint density at radius 3 is 2.55 bits per heavy atom. The summed E-state index contributed by atoms with van der Waals surface area (Å²) in [5, 5.41) is 9.57. The molecule has 3 rings (SSSR count). The SMILES string of the molecule is COCCN(C)S(=O)(=O)c1ccccc1C(=O)N1CCC(Oc2cccc(O)c2)CC1. The van der Waals surface area contributed by atoms with E-state index in [0.717, 1.165) is 0 Å². The molecule has 8 nitrogen and oxygen atoms in total. The molecule has 1 saturated heterocycles. The standard InChI is InChI=1S/C22H28N2O6S/c1-23(14-15-29-2)31(27,28)21-9-4-3-8-20(21)22(26)24-12-10-18(11-13-24)30-19-7-5-6-17(25)16-19/h3-9,16,18,25H,10-15H2,1-2H3. The van der Waals surface area contributed by atoms with Crippen LogP contribution in [0, 0.1) is 0 Å². The van der Waals surface area contributed by atoms with Crippen molar-refractivity contribution in [3.63, 3.8) is 0 Å². The summed E-state index contributed by atoms with van der Waals surface area (Å²) in [6.45, 7) is 1.37. The molecule has 1 heterocycles. The zero-order valence-corrected chi connectivity index (χ0v) is 18.5. The Kier molecular flexibility index (Phi) is 7.53. The van der Waals surface area contributed by atoms with Gasteiger partial charge >= 0.3 is 0 Å². The lowest BCUT2D eigenvalue weighted by atomic mass is 10.1. The van der Waals surface area contributed by atoms with E-state index in [1.54, 1.807) is 47.4 Å². The van der Waals surface area contributed by atoms with E-state index in [4.69, 9.17) is 9.47 Å². The molecule has 1 amide bonds. The predicted molar refractivity (Wildman–Crippen MR) is 116 cm³/mol. The van der Waals surface area contributed by atoms with Gasteiger partial charge in [0, 0.05) is 52.7 Å². The molecule has 31 heavy (non-hydrogen) atoms. The smallest absolute Gasteiger partial charge is 0.255 e. The second kappa shape index (κ2) is 10.1. The van der Waals surface area contributed by atoms with Crippen LogP contribution in [0.2, 0.25) is 0 Å². The molecule has 1 N–H and O–H groups in total. The molecule has 0 bridgehead atoms. The van der Waals surface area contributed by atoms with Crippen LogP contribution in [0.5, 0.6) is 11.5 Å². The highest BCUT2D eigenvalue weighted by molar-refractivity contribution is 7.89. The normalized spacial score (nSPS) is 15.3. The Morgan fingerprint density at radius 2 is 1.87 bits per heavy atom. The van der Waals surface area contributed by atoms with Gasteiger partial charge in [-0.1, -0.05) is 18.2 Å². The summed E-state index contributed by atoms with van der Waals surface area (Å²) < 4.78 is 38.0. The van der Waals surface area contributed by atoms with Crippen molar-refractivity contribution in [2.45, 2.75) is 23.8 Å². The summed E-state index contributed by atoms with van der Waals surface area (Å²) in [5.74, 6) is 0.411. The molecule has 0 atom stereocenters. The van der Waals surface area contributed by atoms with Gasteiger partial charge in [0.25, 0.3) is 5.91 Å². The second-order valence-electron chi connectivity index (χ2n) is 7.42.